The van der Waals surface area contributed by atoms with Crippen molar-refractivity contribution in [2.24, 2.45) is 0 Å². The third-order valence-corrected chi connectivity index (χ3v) is 8.79. The zero-order valence-electron chi connectivity index (χ0n) is 19.7. The molecule has 3 amide bonds. The second kappa shape index (κ2) is 13.6. The summed E-state index contributed by atoms with van der Waals surface area (Å²) in [6, 6.07) is 19.5. The zero-order valence-corrected chi connectivity index (χ0v) is 23.2. The van der Waals surface area contributed by atoms with Crippen molar-refractivity contribution in [2.45, 2.75) is 0 Å². The molecule has 0 bridgehead atoms. The molecule has 0 saturated heterocycles. The van der Waals surface area contributed by atoms with Crippen molar-refractivity contribution in [1.29, 1.82) is 0 Å². The van der Waals surface area contributed by atoms with E-state index in [2.05, 4.69) is 35.7 Å². The Morgan fingerprint density at radius 1 is 0.514 bits per heavy atom. The molecule has 0 aliphatic carbocycles. The summed E-state index contributed by atoms with van der Waals surface area (Å²) in [5.41, 5.74) is 1.30. The Kier molecular flexibility index (Phi) is 9.99. The van der Waals surface area contributed by atoms with Crippen molar-refractivity contribution in [3.8, 4) is 17.2 Å². The summed E-state index contributed by atoms with van der Waals surface area (Å²) in [7, 11) is 0. The van der Waals surface area contributed by atoms with Gasteiger partial charge in [0, 0.05) is 0 Å². The van der Waals surface area contributed by atoms with Crippen LogP contribution in [0, 0.1) is 0 Å². The first-order valence-electron chi connectivity index (χ1n) is 10.8. The van der Waals surface area contributed by atoms with Crippen molar-refractivity contribution in [2.75, 3.05) is 0 Å². The van der Waals surface area contributed by atoms with Crippen LogP contribution < -0.4 is 24.4 Å². The summed E-state index contributed by atoms with van der Waals surface area (Å²) in [6.07, 6.45) is 3.91. The molecule has 0 aromatic heterocycles. The minimum absolute atomic E-state index is 0.297. The Morgan fingerprint density at radius 2 is 0.757 bits per heavy atom. The molecule has 0 spiro atoms. The van der Waals surface area contributed by atoms with Crippen molar-refractivity contribution in [3.05, 3.63) is 128 Å². The van der Waals surface area contributed by atoms with Gasteiger partial charge in [-0.15, -0.1) is 0 Å². The third kappa shape index (κ3) is 8.05. The molecule has 0 atom stereocenters. The Labute approximate surface area is 224 Å². The number of hydrogen-bond donors (Lipinski definition) is 3. The number of benzene rings is 3. The van der Waals surface area contributed by atoms with Crippen molar-refractivity contribution in [3.63, 3.8) is 0 Å². The van der Waals surface area contributed by atoms with Gasteiger partial charge in [0.2, 0.25) is 0 Å². The predicted molar refractivity (Wildman–Crippen MR) is 140 cm³/mol. The third-order valence-electron chi connectivity index (χ3n) is 4.59. The van der Waals surface area contributed by atoms with Gasteiger partial charge in [-0.25, -0.2) is 0 Å². The van der Waals surface area contributed by atoms with Gasteiger partial charge < -0.3 is 0 Å². The molecular weight excluding hydrogens is 671 g/mol. The first-order valence-corrected chi connectivity index (χ1v) is 15.1. The second-order valence-corrected chi connectivity index (χ2v) is 11.0. The van der Waals surface area contributed by atoms with Crippen LogP contribution in [0.5, 0.6) is 17.2 Å². The molecule has 10 heteroatoms. The average Bonchev–Trinajstić information content (AvgIpc) is 2.90. The molecule has 188 valence electrons. The molecule has 0 saturated carbocycles. The van der Waals surface area contributed by atoms with E-state index in [9.17, 15) is 14.4 Å². The van der Waals surface area contributed by atoms with Gasteiger partial charge in [0.05, 0.1) is 0 Å². The first kappa shape index (κ1) is 27.2. The first-order chi connectivity index (χ1) is 17.9. The molecule has 0 aliphatic heterocycles. The van der Waals surface area contributed by atoms with Crippen LogP contribution in [0.2, 0.25) is 0 Å². The van der Waals surface area contributed by atoms with E-state index in [1.807, 2.05) is 0 Å². The molecule has 0 fully saturated rings. The minimum atomic E-state index is -3.70. The van der Waals surface area contributed by atoms with E-state index >= 15 is 0 Å². The molecule has 37 heavy (non-hydrogen) atoms. The van der Waals surface area contributed by atoms with Crippen LogP contribution >= 0.6 is 0 Å². The summed E-state index contributed by atoms with van der Waals surface area (Å²) in [5.74, 6) is 0.477. The van der Waals surface area contributed by atoms with E-state index < -0.39 is 23.1 Å². The van der Waals surface area contributed by atoms with Gasteiger partial charge in [-0.05, 0) is 0 Å². The monoisotopic (exact) mass is 695 g/mol. The maximum absolute atomic E-state index is 12.0. The van der Waals surface area contributed by atoms with Crippen LogP contribution in [-0.4, -0.2) is 40.8 Å². The van der Waals surface area contributed by atoms with Crippen molar-refractivity contribution < 1.29 is 22.8 Å². The molecular formula is C27H24BiN3O6. The normalized spacial score (nSPS) is 9.97. The summed E-state index contributed by atoms with van der Waals surface area (Å²) in [4.78, 5) is 35.9. The van der Waals surface area contributed by atoms with Crippen LogP contribution in [0.3, 0.4) is 0 Å². The molecule has 9 nitrogen and oxygen atoms in total. The van der Waals surface area contributed by atoms with Gasteiger partial charge in [0.25, 0.3) is 0 Å². The van der Waals surface area contributed by atoms with E-state index in [0.29, 0.717) is 33.9 Å². The van der Waals surface area contributed by atoms with E-state index in [1.165, 1.54) is 18.6 Å². The molecule has 0 heterocycles. The number of nitrogens with one attached hydrogen (secondary N) is 3. The molecule has 3 N–H and O–H groups in total. The Bertz CT molecular complexity index is 1110. The molecule has 0 aliphatic rings. The Morgan fingerprint density at radius 3 is 0.973 bits per heavy atom. The van der Waals surface area contributed by atoms with Crippen molar-refractivity contribution in [1.82, 2.24) is 16.0 Å². The van der Waals surface area contributed by atoms with Gasteiger partial charge in [0.15, 0.2) is 0 Å². The summed E-state index contributed by atoms with van der Waals surface area (Å²) < 4.78 is 18.2. The SMILES string of the molecule is C=CNC(=O)c1ccc([O][Bi]([O]c2ccc(C(=O)NC=C)cc2)[O]c2ccc(C(=O)NC=C)cc2)cc1. The Balaban J connectivity index is 1.79. The van der Waals surface area contributed by atoms with Crippen LogP contribution in [0.25, 0.3) is 0 Å². The van der Waals surface area contributed by atoms with Gasteiger partial charge in [-0.1, -0.05) is 0 Å². The standard InChI is InChI=1S/3C9H9NO2.Bi/c3*1-2-10-9(12)7-3-5-8(11)6-4-7;/h3*2-6,11H,1H2,(H,10,12);/q;;;+3/p-3. The zero-order chi connectivity index (χ0) is 26.6. The fourth-order valence-electron chi connectivity index (χ4n) is 2.84. The van der Waals surface area contributed by atoms with Gasteiger partial charge in [0.1, 0.15) is 0 Å². The van der Waals surface area contributed by atoms with Crippen LogP contribution in [0.1, 0.15) is 31.1 Å². The Hall–Kier alpha value is -4.43. The average molecular weight is 695 g/mol. The molecule has 3 rings (SSSR count). The molecule has 0 unspecified atom stereocenters. The number of amides is 3. The number of carbonyl (C=O) groups excluding carboxylic acids is 3. The van der Waals surface area contributed by atoms with Crippen LogP contribution in [0.15, 0.2) is 111 Å². The van der Waals surface area contributed by atoms with E-state index in [0.717, 1.165) is 0 Å². The van der Waals surface area contributed by atoms with Gasteiger partial charge in [-0.2, -0.15) is 0 Å². The number of hydrogen-bond acceptors (Lipinski definition) is 6. The summed E-state index contributed by atoms with van der Waals surface area (Å²) in [5, 5.41) is 7.52. The fourth-order valence-corrected chi connectivity index (χ4v) is 6.71. The second-order valence-electron chi connectivity index (χ2n) is 7.10. The van der Waals surface area contributed by atoms with Gasteiger partial charge in [-0.3, -0.25) is 0 Å². The fraction of sp³-hybridized carbons (Fsp3) is 0. The molecule has 3 aromatic rings. The maximum atomic E-state index is 12.0. The van der Waals surface area contributed by atoms with E-state index in [-0.39, 0.29) is 17.7 Å². The van der Waals surface area contributed by atoms with Crippen LogP contribution in [0.4, 0.5) is 0 Å². The summed E-state index contributed by atoms with van der Waals surface area (Å²) >= 11 is -3.70. The van der Waals surface area contributed by atoms with E-state index in [1.54, 1.807) is 72.8 Å². The van der Waals surface area contributed by atoms with Gasteiger partial charge >= 0.3 is 225 Å². The van der Waals surface area contributed by atoms with Crippen molar-refractivity contribution >= 4 is 40.8 Å². The number of carbonyl (C=O) groups is 3. The van der Waals surface area contributed by atoms with E-state index in [4.69, 9.17) is 8.44 Å². The quantitative estimate of drug-likeness (QED) is 0.249. The molecule has 0 radical (unpaired) electrons. The van der Waals surface area contributed by atoms with Crippen LogP contribution in [-0.2, 0) is 0 Å². The summed E-state index contributed by atoms with van der Waals surface area (Å²) in [6.45, 7) is 10.4. The number of rotatable bonds is 12. The molecule has 3 aromatic carbocycles. The predicted octanol–water partition coefficient (Wildman–Crippen LogP) is 3.83. The topological polar surface area (TPSA) is 115 Å².